The number of hydrogen-bond acceptors (Lipinski definition) is 6. The first-order valence-corrected chi connectivity index (χ1v) is 12.4. The maximum Gasteiger partial charge on any atom is 0.255 e. The van der Waals surface area contributed by atoms with Gasteiger partial charge in [0.2, 0.25) is 10.0 Å². The molecule has 1 fully saturated rings. The molecule has 0 aliphatic carbocycles. The number of anilines is 1. The molecule has 0 radical (unpaired) electrons. The fraction of sp³-hybridized carbons (Fsp3) is 0.348. The number of benzene rings is 2. The Labute approximate surface area is 193 Å². The summed E-state index contributed by atoms with van der Waals surface area (Å²) in [5, 5.41) is 6.84. The summed E-state index contributed by atoms with van der Waals surface area (Å²) >= 11 is 0. The third kappa shape index (κ3) is 5.96. The Hall–Kier alpha value is -3.24. The number of carbonyl (C=O) groups excluding carboxylic acids is 1. The molecule has 1 N–H and O–H groups in total. The van der Waals surface area contributed by atoms with Gasteiger partial charge in [-0.05, 0) is 49.2 Å². The van der Waals surface area contributed by atoms with Crippen molar-refractivity contribution in [2.45, 2.75) is 37.1 Å². The lowest BCUT2D eigenvalue weighted by atomic mass is 10.2. The fourth-order valence-corrected chi connectivity index (χ4v) is 5.20. The van der Waals surface area contributed by atoms with Gasteiger partial charge in [-0.15, -0.1) is 0 Å². The highest BCUT2D eigenvalue weighted by molar-refractivity contribution is 7.89. The average molecular weight is 470 g/mol. The molecule has 0 unspecified atom stereocenters. The molecule has 4 rings (SSSR count). The Morgan fingerprint density at radius 2 is 1.79 bits per heavy atom. The Bertz CT molecular complexity index is 1160. The molecule has 0 saturated carbocycles. The molecule has 174 valence electrons. The van der Waals surface area contributed by atoms with Gasteiger partial charge < -0.3 is 10.1 Å². The molecular formula is C23H27N5O4S. The second-order valence-electron chi connectivity index (χ2n) is 7.83. The van der Waals surface area contributed by atoms with E-state index in [-0.39, 0.29) is 10.8 Å². The van der Waals surface area contributed by atoms with Gasteiger partial charge in [0.25, 0.3) is 5.91 Å². The molecule has 1 saturated heterocycles. The van der Waals surface area contributed by atoms with Crippen LogP contribution in [0.2, 0.25) is 0 Å². The number of ether oxygens (including phenoxy) is 1. The van der Waals surface area contributed by atoms with Gasteiger partial charge in [-0.25, -0.2) is 18.1 Å². The monoisotopic (exact) mass is 469 g/mol. The van der Waals surface area contributed by atoms with Crippen LogP contribution in [0.1, 0.15) is 36.0 Å². The largest absolute Gasteiger partial charge is 0.492 e. The van der Waals surface area contributed by atoms with Crippen LogP contribution in [0.3, 0.4) is 0 Å². The predicted octanol–water partition coefficient (Wildman–Crippen LogP) is 3.17. The summed E-state index contributed by atoms with van der Waals surface area (Å²) in [5.74, 6) is 0.292. The van der Waals surface area contributed by atoms with E-state index in [2.05, 4.69) is 15.4 Å². The lowest BCUT2D eigenvalue weighted by molar-refractivity contribution is 0.102. The number of nitrogens with zero attached hydrogens (tertiary/aromatic N) is 4. The van der Waals surface area contributed by atoms with Crippen LogP contribution in [0.15, 0.2) is 66.1 Å². The number of rotatable bonds is 8. The van der Waals surface area contributed by atoms with Crippen LogP contribution in [0.4, 0.5) is 5.69 Å². The maximum atomic E-state index is 12.9. The van der Waals surface area contributed by atoms with E-state index in [0.29, 0.717) is 43.2 Å². The van der Waals surface area contributed by atoms with E-state index in [9.17, 15) is 13.2 Å². The molecular weight excluding hydrogens is 442 g/mol. The van der Waals surface area contributed by atoms with Crippen molar-refractivity contribution in [3.8, 4) is 5.75 Å². The molecule has 0 spiro atoms. The summed E-state index contributed by atoms with van der Waals surface area (Å²) in [7, 11) is -3.54. The zero-order valence-corrected chi connectivity index (χ0v) is 19.1. The van der Waals surface area contributed by atoms with Gasteiger partial charge in [-0.1, -0.05) is 18.9 Å². The Kier molecular flexibility index (Phi) is 7.36. The standard InChI is InChI=1S/C23H27N5O4S/c29-23(26-20-6-5-7-21(16-20)32-15-14-27-18-24-17-25-27)19-8-10-22(11-9-19)33(30,31)28-12-3-1-2-4-13-28/h5-11,16-18H,1-4,12-15H2,(H,26,29). The molecule has 0 bridgehead atoms. The van der Waals surface area contributed by atoms with Crippen molar-refractivity contribution >= 4 is 21.6 Å². The molecule has 33 heavy (non-hydrogen) atoms. The van der Waals surface area contributed by atoms with Gasteiger partial charge in [0.05, 0.1) is 11.4 Å². The average Bonchev–Trinajstić information content (AvgIpc) is 3.18. The normalized spacial score (nSPS) is 15.0. The fourth-order valence-electron chi connectivity index (χ4n) is 3.68. The zero-order valence-electron chi connectivity index (χ0n) is 18.3. The molecule has 0 atom stereocenters. The smallest absolute Gasteiger partial charge is 0.255 e. The van der Waals surface area contributed by atoms with E-state index < -0.39 is 10.0 Å². The highest BCUT2D eigenvalue weighted by Gasteiger charge is 2.25. The highest BCUT2D eigenvalue weighted by Crippen LogP contribution is 2.22. The molecule has 9 nitrogen and oxygen atoms in total. The lowest BCUT2D eigenvalue weighted by Gasteiger charge is -2.20. The first kappa shape index (κ1) is 22.9. The zero-order chi connectivity index (χ0) is 23.1. The number of carbonyl (C=O) groups is 1. The highest BCUT2D eigenvalue weighted by atomic mass is 32.2. The first-order valence-electron chi connectivity index (χ1n) is 11.0. The first-order chi connectivity index (χ1) is 16.0. The summed E-state index contributed by atoms with van der Waals surface area (Å²) in [6.45, 7) is 2.06. The summed E-state index contributed by atoms with van der Waals surface area (Å²) < 4.78 is 34.8. The number of aromatic nitrogens is 3. The van der Waals surface area contributed by atoms with Gasteiger partial charge >= 0.3 is 0 Å². The second kappa shape index (κ2) is 10.6. The third-order valence-corrected chi connectivity index (χ3v) is 7.38. The van der Waals surface area contributed by atoms with E-state index in [1.54, 1.807) is 51.7 Å². The quantitative estimate of drug-likeness (QED) is 0.543. The van der Waals surface area contributed by atoms with Gasteiger partial charge in [0.15, 0.2) is 0 Å². The minimum atomic E-state index is -3.54. The van der Waals surface area contributed by atoms with Crippen molar-refractivity contribution in [1.29, 1.82) is 0 Å². The van der Waals surface area contributed by atoms with Crippen molar-refractivity contribution in [3.05, 3.63) is 66.7 Å². The van der Waals surface area contributed by atoms with Crippen LogP contribution in [0.5, 0.6) is 5.75 Å². The number of hydrogen-bond donors (Lipinski definition) is 1. The molecule has 1 aliphatic rings. The van der Waals surface area contributed by atoms with Crippen LogP contribution >= 0.6 is 0 Å². The van der Waals surface area contributed by atoms with Gasteiger partial charge in [0, 0.05) is 30.4 Å². The number of nitrogens with one attached hydrogen (secondary N) is 1. The van der Waals surface area contributed by atoms with Crippen LogP contribution < -0.4 is 10.1 Å². The number of amides is 1. The van der Waals surface area contributed by atoms with Crippen LogP contribution in [0, 0.1) is 0 Å². The maximum absolute atomic E-state index is 12.9. The van der Waals surface area contributed by atoms with Gasteiger partial charge in [-0.3, -0.25) is 4.79 Å². The number of sulfonamides is 1. The Balaban J connectivity index is 1.36. The minimum absolute atomic E-state index is 0.212. The third-order valence-electron chi connectivity index (χ3n) is 5.47. The van der Waals surface area contributed by atoms with Gasteiger partial charge in [-0.2, -0.15) is 9.40 Å². The summed E-state index contributed by atoms with van der Waals surface area (Å²) in [6, 6.07) is 13.2. The Morgan fingerprint density at radius 1 is 1.03 bits per heavy atom. The second-order valence-corrected chi connectivity index (χ2v) is 9.77. The molecule has 2 heterocycles. The molecule has 10 heteroatoms. The van der Waals surface area contributed by atoms with Crippen molar-refractivity contribution in [2.24, 2.45) is 0 Å². The van der Waals surface area contributed by atoms with Crippen molar-refractivity contribution < 1.29 is 17.9 Å². The molecule has 1 aromatic heterocycles. The molecule has 1 amide bonds. The SMILES string of the molecule is O=C(Nc1cccc(OCCn2cncn2)c1)c1ccc(S(=O)(=O)N2CCCCCC2)cc1. The van der Waals surface area contributed by atoms with E-state index in [4.69, 9.17) is 4.74 Å². The van der Waals surface area contributed by atoms with Crippen molar-refractivity contribution in [3.63, 3.8) is 0 Å². The van der Waals surface area contributed by atoms with Crippen molar-refractivity contribution in [2.75, 3.05) is 25.0 Å². The van der Waals surface area contributed by atoms with Crippen LogP contribution in [0.25, 0.3) is 0 Å². The van der Waals surface area contributed by atoms with Crippen molar-refractivity contribution in [1.82, 2.24) is 19.1 Å². The summed E-state index contributed by atoms with van der Waals surface area (Å²) in [5.41, 5.74) is 0.960. The minimum Gasteiger partial charge on any atom is -0.492 e. The van der Waals surface area contributed by atoms with Gasteiger partial charge in [0.1, 0.15) is 25.0 Å². The summed E-state index contributed by atoms with van der Waals surface area (Å²) in [4.78, 5) is 16.8. The van der Waals surface area contributed by atoms with E-state index >= 15 is 0 Å². The summed E-state index contributed by atoms with van der Waals surface area (Å²) in [6.07, 6.45) is 6.95. The van der Waals surface area contributed by atoms with Crippen LogP contribution in [-0.2, 0) is 16.6 Å². The topological polar surface area (TPSA) is 106 Å². The predicted molar refractivity (Wildman–Crippen MR) is 124 cm³/mol. The lowest BCUT2D eigenvalue weighted by Crippen LogP contribution is -2.31. The Morgan fingerprint density at radius 3 is 2.48 bits per heavy atom. The van der Waals surface area contributed by atoms with E-state index in [0.717, 1.165) is 25.7 Å². The molecule has 1 aliphatic heterocycles. The van der Waals surface area contributed by atoms with Crippen LogP contribution in [-0.4, -0.2) is 53.1 Å². The molecule has 3 aromatic rings. The molecule has 2 aromatic carbocycles. The van der Waals surface area contributed by atoms with E-state index in [1.807, 2.05) is 0 Å². The van der Waals surface area contributed by atoms with E-state index in [1.165, 1.54) is 18.5 Å².